The Labute approximate surface area is 45.4 Å². The number of Topliss-reactive ketones (excluding diaryl/α,β-unsaturated/α-hetero) is 1. The van der Waals surface area contributed by atoms with Crippen LogP contribution in [0.4, 0.5) is 0 Å². The first-order valence-corrected chi connectivity index (χ1v) is 1.20. The maximum absolute atomic E-state index is 9.44. The summed E-state index contributed by atoms with van der Waals surface area (Å²) >= 11 is 0. The van der Waals surface area contributed by atoms with Crippen molar-refractivity contribution in [3.05, 3.63) is 0 Å². The van der Waals surface area contributed by atoms with Gasteiger partial charge in [0.05, 0.1) is 0 Å². The minimum absolute atomic E-state index is 0. The molecule has 0 N–H and O–H groups in total. The Balaban J connectivity index is 0. The van der Waals surface area contributed by atoms with E-state index in [-0.39, 0.29) is 26.2 Å². The third-order valence-corrected chi connectivity index (χ3v) is 0. The minimum Gasteiger partial charge on any atom is -0.300 e. The van der Waals surface area contributed by atoms with Crippen LogP contribution in [0, 0.1) is 0 Å². The van der Waals surface area contributed by atoms with Crippen molar-refractivity contribution in [2.45, 2.75) is 13.8 Å². The van der Waals surface area contributed by atoms with E-state index in [2.05, 4.69) is 0 Å². The van der Waals surface area contributed by atoms with Crippen molar-refractivity contribution in [1.82, 2.24) is 0 Å². The molecule has 31 valence electrons. The molecule has 0 aromatic heterocycles. The first-order valence-electron chi connectivity index (χ1n) is 1.20. The topological polar surface area (TPSA) is 17.1 Å². The summed E-state index contributed by atoms with van der Waals surface area (Å²) in [6.45, 7) is 3.06. The Morgan fingerprint density at radius 3 is 1.40 bits per heavy atom. The van der Waals surface area contributed by atoms with E-state index in [0.29, 0.717) is 0 Å². The van der Waals surface area contributed by atoms with Crippen molar-refractivity contribution >= 4 is 5.78 Å². The molecule has 0 aromatic rings. The quantitative estimate of drug-likeness (QED) is 0.609. The second-order valence-corrected chi connectivity index (χ2v) is 0.908. The van der Waals surface area contributed by atoms with Gasteiger partial charge in [0.25, 0.3) is 0 Å². The summed E-state index contributed by atoms with van der Waals surface area (Å²) < 4.78 is 0. The Morgan fingerprint density at radius 2 is 1.40 bits per heavy atom. The summed E-state index contributed by atoms with van der Waals surface area (Å²) in [5.74, 6) is 0.167. The predicted molar refractivity (Wildman–Crippen MR) is 16.4 cm³/mol. The molecule has 0 fully saturated rings. The number of hydrogen-bond acceptors (Lipinski definition) is 1. The Kier molecular flexibility index (Phi) is 7.81. The molecule has 1 radical (unpaired) electrons. The van der Waals surface area contributed by atoms with E-state index in [0.717, 1.165) is 0 Å². The van der Waals surface area contributed by atoms with Crippen LogP contribution in [0.2, 0.25) is 0 Å². The zero-order valence-electron chi connectivity index (χ0n) is 3.29. The number of rotatable bonds is 0. The van der Waals surface area contributed by atoms with E-state index in [1.54, 1.807) is 0 Å². The SMILES string of the molecule is CC(C)=O.[Re]. The van der Waals surface area contributed by atoms with Crippen molar-refractivity contribution < 1.29 is 25.2 Å². The summed E-state index contributed by atoms with van der Waals surface area (Å²) in [6.07, 6.45) is 0. The summed E-state index contributed by atoms with van der Waals surface area (Å²) in [5, 5.41) is 0. The summed E-state index contributed by atoms with van der Waals surface area (Å²) in [4.78, 5) is 9.44. The molecule has 0 rings (SSSR count). The van der Waals surface area contributed by atoms with Crippen LogP contribution in [0.25, 0.3) is 0 Å². The number of carbonyl (C=O) groups is 1. The number of hydrogen-bond donors (Lipinski definition) is 0. The molecular weight excluding hydrogens is 238 g/mol. The van der Waals surface area contributed by atoms with Crippen molar-refractivity contribution in [3.63, 3.8) is 0 Å². The molecule has 0 aliphatic rings. The maximum atomic E-state index is 9.44. The molecule has 2 heteroatoms. The van der Waals surface area contributed by atoms with Gasteiger partial charge in [0.1, 0.15) is 5.78 Å². The second-order valence-electron chi connectivity index (χ2n) is 0.908. The molecule has 5 heavy (non-hydrogen) atoms. The Hall–Kier alpha value is 0.332. The van der Waals surface area contributed by atoms with Crippen molar-refractivity contribution in [2.24, 2.45) is 0 Å². The second kappa shape index (κ2) is 4.33. The smallest absolute Gasteiger partial charge is 0.126 e. The van der Waals surface area contributed by atoms with E-state index in [4.69, 9.17) is 0 Å². The van der Waals surface area contributed by atoms with Gasteiger partial charge in [-0.1, -0.05) is 0 Å². The molecule has 0 aromatic carbocycles. The zero-order chi connectivity index (χ0) is 3.58. The maximum Gasteiger partial charge on any atom is 0.126 e. The molecule has 0 unspecified atom stereocenters. The van der Waals surface area contributed by atoms with Crippen LogP contribution in [0.15, 0.2) is 0 Å². The average molecular weight is 244 g/mol. The molecule has 0 atom stereocenters. The van der Waals surface area contributed by atoms with Gasteiger partial charge in [-0.15, -0.1) is 0 Å². The number of carbonyl (C=O) groups excluding carboxylic acids is 1. The third kappa shape index (κ3) is 213. The van der Waals surface area contributed by atoms with Crippen molar-refractivity contribution in [2.75, 3.05) is 0 Å². The van der Waals surface area contributed by atoms with Crippen LogP contribution in [0.5, 0.6) is 0 Å². The van der Waals surface area contributed by atoms with Crippen molar-refractivity contribution in [3.8, 4) is 0 Å². The molecule has 0 aliphatic heterocycles. The fourth-order valence-corrected chi connectivity index (χ4v) is 0. The van der Waals surface area contributed by atoms with Gasteiger partial charge in [-0.3, -0.25) is 0 Å². The average Bonchev–Trinajstić information content (AvgIpc) is 0.811. The van der Waals surface area contributed by atoms with Gasteiger partial charge in [-0.2, -0.15) is 0 Å². The summed E-state index contributed by atoms with van der Waals surface area (Å²) in [5.41, 5.74) is 0. The van der Waals surface area contributed by atoms with E-state index in [1.165, 1.54) is 13.8 Å². The number of ketones is 1. The van der Waals surface area contributed by atoms with Gasteiger partial charge in [0.2, 0.25) is 0 Å². The monoisotopic (exact) mass is 245 g/mol. The molecule has 0 spiro atoms. The molecule has 0 bridgehead atoms. The predicted octanol–water partition coefficient (Wildman–Crippen LogP) is 0.593. The van der Waals surface area contributed by atoms with E-state index < -0.39 is 0 Å². The van der Waals surface area contributed by atoms with Gasteiger partial charge >= 0.3 is 0 Å². The van der Waals surface area contributed by atoms with Crippen molar-refractivity contribution in [1.29, 1.82) is 0 Å². The van der Waals surface area contributed by atoms with Crippen LogP contribution >= 0.6 is 0 Å². The molecular formula is C3H6ORe. The zero-order valence-corrected chi connectivity index (χ0v) is 6.00. The first kappa shape index (κ1) is 9.01. The van der Waals surface area contributed by atoms with E-state index in [1.807, 2.05) is 0 Å². The summed E-state index contributed by atoms with van der Waals surface area (Å²) in [7, 11) is 0. The largest absolute Gasteiger partial charge is 0.300 e. The van der Waals surface area contributed by atoms with E-state index in [9.17, 15) is 4.79 Å². The van der Waals surface area contributed by atoms with Gasteiger partial charge in [-0.25, -0.2) is 0 Å². The van der Waals surface area contributed by atoms with Crippen LogP contribution in [-0.4, -0.2) is 5.78 Å². The molecule has 0 saturated carbocycles. The van der Waals surface area contributed by atoms with Crippen LogP contribution in [0.1, 0.15) is 13.8 Å². The van der Waals surface area contributed by atoms with Gasteiger partial charge in [-0.05, 0) is 13.8 Å². The van der Waals surface area contributed by atoms with Crippen LogP contribution < -0.4 is 0 Å². The van der Waals surface area contributed by atoms with Gasteiger partial charge in [0, 0.05) is 20.4 Å². The molecule has 0 heterocycles. The van der Waals surface area contributed by atoms with Crippen LogP contribution in [0.3, 0.4) is 0 Å². The van der Waals surface area contributed by atoms with Crippen LogP contribution in [-0.2, 0) is 25.2 Å². The molecule has 1 nitrogen and oxygen atoms in total. The fraction of sp³-hybridized carbons (Fsp3) is 0.667. The van der Waals surface area contributed by atoms with Gasteiger partial charge in [0.15, 0.2) is 0 Å². The minimum atomic E-state index is 0. The van der Waals surface area contributed by atoms with E-state index >= 15 is 0 Å². The molecule has 0 amide bonds. The molecule has 0 aliphatic carbocycles. The fourth-order valence-electron chi connectivity index (χ4n) is 0. The Bertz CT molecular complexity index is 29.9. The normalized spacial score (nSPS) is 5.20. The summed E-state index contributed by atoms with van der Waals surface area (Å²) in [6, 6.07) is 0. The standard InChI is InChI=1S/C3H6O.Re/c1-3(2)4;/h1-2H3;. The third-order valence-electron chi connectivity index (χ3n) is 0. The molecule has 0 saturated heterocycles. The Morgan fingerprint density at radius 1 is 1.40 bits per heavy atom. The van der Waals surface area contributed by atoms with Gasteiger partial charge < -0.3 is 4.79 Å². The first-order chi connectivity index (χ1) is 1.73.